The first-order valence-corrected chi connectivity index (χ1v) is 10.1. The zero-order valence-electron chi connectivity index (χ0n) is 17.2. The molecule has 29 heavy (non-hydrogen) atoms. The molecule has 4 nitrogen and oxygen atoms in total. The van der Waals surface area contributed by atoms with E-state index in [9.17, 15) is 4.79 Å². The molecule has 0 bridgehead atoms. The topological polar surface area (TPSA) is 47.6 Å². The minimum absolute atomic E-state index is 0.0504. The molecule has 1 aliphatic heterocycles. The molecule has 0 saturated heterocycles. The lowest BCUT2D eigenvalue weighted by atomic mass is 9.89. The van der Waals surface area contributed by atoms with Gasteiger partial charge >= 0.3 is 0 Å². The van der Waals surface area contributed by atoms with E-state index in [1.807, 2.05) is 30.3 Å². The quantitative estimate of drug-likeness (QED) is 0.652. The van der Waals surface area contributed by atoms with Gasteiger partial charge in [-0.15, -0.1) is 0 Å². The molecule has 4 heteroatoms. The van der Waals surface area contributed by atoms with Crippen molar-refractivity contribution >= 4 is 16.7 Å². The molecule has 0 aromatic heterocycles. The lowest BCUT2D eigenvalue weighted by Crippen LogP contribution is -2.41. The molecule has 3 aromatic rings. The van der Waals surface area contributed by atoms with Crippen molar-refractivity contribution in [1.29, 1.82) is 0 Å². The van der Waals surface area contributed by atoms with Gasteiger partial charge in [-0.2, -0.15) is 0 Å². The summed E-state index contributed by atoms with van der Waals surface area (Å²) in [6.45, 7) is 4.10. The van der Waals surface area contributed by atoms with Crippen LogP contribution in [0.1, 0.15) is 43.9 Å². The Hall–Kier alpha value is -3.01. The molecule has 1 aliphatic rings. The Morgan fingerprint density at radius 3 is 2.76 bits per heavy atom. The Kier molecular flexibility index (Phi) is 5.18. The summed E-state index contributed by atoms with van der Waals surface area (Å²) in [5.74, 6) is 1.62. The number of hydrogen-bond acceptors (Lipinski definition) is 3. The first-order valence-electron chi connectivity index (χ1n) is 10.1. The van der Waals surface area contributed by atoms with Crippen LogP contribution in [0.3, 0.4) is 0 Å². The van der Waals surface area contributed by atoms with E-state index in [4.69, 9.17) is 9.47 Å². The van der Waals surface area contributed by atoms with Crippen molar-refractivity contribution in [2.75, 3.05) is 7.11 Å². The number of fused-ring (bicyclic) bond motifs is 2. The summed E-state index contributed by atoms with van der Waals surface area (Å²) >= 11 is 0. The van der Waals surface area contributed by atoms with Crippen LogP contribution < -0.4 is 14.8 Å². The minimum Gasteiger partial charge on any atom is -0.497 e. The normalized spacial score (nSPS) is 17.3. The standard InChI is InChI=1S/C25H27NO3/c1-25(2)16-22(21-15-19(28-3)12-13-23(21)29-25)26-24(27)14-11-18-9-6-8-17-7-4-5-10-20(17)18/h4-10,12-13,15,22H,11,14,16H2,1-3H3,(H,26,27)/t22-/m1/s1. The fourth-order valence-electron chi connectivity index (χ4n) is 4.11. The van der Waals surface area contributed by atoms with Crippen molar-refractivity contribution in [3.05, 3.63) is 71.8 Å². The smallest absolute Gasteiger partial charge is 0.220 e. The number of carbonyl (C=O) groups excluding carboxylic acids is 1. The number of methoxy groups -OCH3 is 1. The van der Waals surface area contributed by atoms with Crippen molar-refractivity contribution in [3.63, 3.8) is 0 Å². The lowest BCUT2D eigenvalue weighted by molar-refractivity contribution is -0.122. The van der Waals surface area contributed by atoms with Gasteiger partial charge in [-0.25, -0.2) is 0 Å². The largest absolute Gasteiger partial charge is 0.497 e. The van der Waals surface area contributed by atoms with Gasteiger partial charge in [-0.3, -0.25) is 4.79 Å². The number of aryl methyl sites for hydroxylation is 1. The van der Waals surface area contributed by atoms with E-state index in [0.29, 0.717) is 19.3 Å². The molecule has 0 aliphatic carbocycles. The van der Waals surface area contributed by atoms with Crippen LogP contribution >= 0.6 is 0 Å². The van der Waals surface area contributed by atoms with Gasteiger partial charge < -0.3 is 14.8 Å². The second-order valence-electron chi connectivity index (χ2n) is 8.23. The maximum absolute atomic E-state index is 12.8. The molecule has 1 atom stereocenters. The average Bonchev–Trinajstić information content (AvgIpc) is 2.71. The van der Waals surface area contributed by atoms with Crippen LogP contribution in [0, 0.1) is 0 Å². The van der Waals surface area contributed by atoms with Crippen LogP contribution in [0.15, 0.2) is 60.7 Å². The molecular formula is C25H27NO3. The number of rotatable bonds is 5. The number of hydrogen-bond donors (Lipinski definition) is 1. The number of nitrogens with one attached hydrogen (secondary N) is 1. The Bertz CT molecular complexity index is 1040. The van der Waals surface area contributed by atoms with E-state index in [1.54, 1.807) is 7.11 Å². The number of benzene rings is 3. The summed E-state index contributed by atoms with van der Waals surface area (Å²) < 4.78 is 11.5. The molecular weight excluding hydrogens is 362 g/mol. The summed E-state index contributed by atoms with van der Waals surface area (Å²) in [5.41, 5.74) is 1.84. The summed E-state index contributed by atoms with van der Waals surface area (Å²) in [7, 11) is 1.65. The second kappa shape index (κ2) is 7.78. The first-order chi connectivity index (χ1) is 13.9. The van der Waals surface area contributed by atoms with Gasteiger partial charge in [0, 0.05) is 18.4 Å². The van der Waals surface area contributed by atoms with Gasteiger partial charge in [-0.1, -0.05) is 42.5 Å². The molecule has 0 fully saturated rings. The van der Waals surface area contributed by atoms with Gasteiger partial charge in [0.05, 0.1) is 13.2 Å². The highest BCUT2D eigenvalue weighted by molar-refractivity contribution is 5.86. The van der Waals surface area contributed by atoms with E-state index in [0.717, 1.165) is 17.1 Å². The van der Waals surface area contributed by atoms with Crippen LogP contribution in [-0.2, 0) is 11.2 Å². The van der Waals surface area contributed by atoms with Crippen molar-refractivity contribution in [2.45, 2.75) is 44.8 Å². The van der Waals surface area contributed by atoms with Crippen molar-refractivity contribution in [3.8, 4) is 11.5 Å². The maximum Gasteiger partial charge on any atom is 0.220 e. The zero-order valence-corrected chi connectivity index (χ0v) is 17.2. The summed E-state index contributed by atoms with van der Waals surface area (Å²) in [5, 5.41) is 5.64. The molecule has 3 aromatic carbocycles. The molecule has 0 radical (unpaired) electrons. The van der Waals surface area contributed by atoms with Crippen LogP contribution in [0.5, 0.6) is 11.5 Å². The number of ether oxygens (including phenoxy) is 2. The van der Waals surface area contributed by atoms with E-state index < -0.39 is 0 Å². The van der Waals surface area contributed by atoms with Crippen LogP contribution in [0.25, 0.3) is 10.8 Å². The third kappa shape index (κ3) is 4.21. The van der Waals surface area contributed by atoms with E-state index >= 15 is 0 Å². The molecule has 0 spiro atoms. The molecule has 150 valence electrons. The molecule has 1 amide bonds. The Labute approximate surface area is 171 Å². The fraction of sp³-hybridized carbons (Fsp3) is 0.320. The van der Waals surface area contributed by atoms with E-state index in [1.165, 1.54) is 16.3 Å². The van der Waals surface area contributed by atoms with Crippen molar-refractivity contribution < 1.29 is 14.3 Å². The highest BCUT2D eigenvalue weighted by Gasteiger charge is 2.34. The van der Waals surface area contributed by atoms with E-state index in [-0.39, 0.29) is 17.6 Å². The second-order valence-corrected chi connectivity index (χ2v) is 8.23. The van der Waals surface area contributed by atoms with Gasteiger partial charge in [0.25, 0.3) is 0 Å². The fourth-order valence-corrected chi connectivity index (χ4v) is 4.11. The zero-order chi connectivity index (χ0) is 20.4. The molecule has 0 unspecified atom stereocenters. The Morgan fingerprint density at radius 2 is 1.93 bits per heavy atom. The Balaban J connectivity index is 1.49. The molecule has 1 N–H and O–H groups in total. The third-order valence-corrected chi connectivity index (χ3v) is 5.51. The average molecular weight is 389 g/mol. The maximum atomic E-state index is 12.8. The number of carbonyl (C=O) groups is 1. The van der Waals surface area contributed by atoms with Crippen LogP contribution in [0.2, 0.25) is 0 Å². The van der Waals surface area contributed by atoms with Crippen LogP contribution in [-0.4, -0.2) is 18.6 Å². The van der Waals surface area contributed by atoms with E-state index in [2.05, 4.69) is 49.5 Å². The minimum atomic E-state index is -0.338. The highest BCUT2D eigenvalue weighted by atomic mass is 16.5. The van der Waals surface area contributed by atoms with Gasteiger partial charge in [0.2, 0.25) is 5.91 Å². The number of amides is 1. The predicted octanol–water partition coefficient (Wildman–Crippen LogP) is 5.20. The summed E-state index contributed by atoms with van der Waals surface area (Å²) in [6.07, 6.45) is 1.88. The van der Waals surface area contributed by atoms with Gasteiger partial charge in [0.15, 0.2) is 0 Å². The lowest BCUT2D eigenvalue weighted by Gasteiger charge is -2.38. The highest BCUT2D eigenvalue weighted by Crippen LogP contribution is 2.41. The van der Waals surface area contributed by atoms with Crippen molar-refractivity contribution in [1.82, 2.24) is 5.32 Å². The summed E-state index contributed by atoms with van der Waals surface area (Å²) in [6, 6.07) is 20.2. The molecule has 1 heterocycles. The predicted molar refractivity (Wildman–Crippen MR) is 115 cm³/mol. The third-order valence-electron chi connectivity index (χ3n) is 5.51. The van der Waals surface area contributed by atoms with Gasteiger partial charge in [0.1, 0.15) is 17.1 Å². The SMILES string of the molecule is COc1ccc2c(c1)[C@H](NC(=O)CCc1cccc3ccccc13)CC(C)(C)O2. The molecule has 4 rings (SSSR count). The first kappa shape index (κ1) is 19.3. The van der Waals surface area contributed by atoms with Gasteiger partial charge in [-0.05, 0) is 54.8 Å². The van der Waals surface area contributed by atoms with Crippen molar-refractivity contribution in [2.24, 2.45) is 0 Å². The monoisotopic (exact) mass is 389 g/mol. The molecule has 0 saturated carbocycles. The van der Waals surface area contributed by atoms with Crippen LogP contribution in [0.4, 0.5) is 0 Å². The summed E-state index contributed by atoms with van der Waals surface area (Å²) in [4.78, 5) is 12.8. The Morgan fingerprint density at radius 1 is 1.14 bits per heavy atom.